The van der Waals surface area contributed by atoms with Crippen LogP contribution in [0, 0.1) is 11.3 Å². The van der Waals surface area contributed by atoms with E-state index in [1.165, 1.54) is 24.4 Å². The van der Waals surface area contributed by atoms with Crippen molar-refractivity contribution >= 4 is 17.7 Å². The summed E-state index contributed by atoms with van der Waals surface area (Å²) in [5.74, 6) is -1.69. The van der Waals surface area contributed by atoms with E-state index in [4.69, 9.17) is 14.7 Å². The first-order chi connectivity index (χ1) is 15.3. The van der Waals surface area contributed by atoms with Gasteiger partial charge in [-0.25, -0.2) is 9.48 Å². The lowest BCUT2D eigenvalue weighted by molar-refractivity contribution is -0.177. The van der Waals surface area contributed by atoms with E-state index < -0.39 is 47.0 Å². The lowest BCUT2D eigenvalue weighted by atomic mass is 10.1. The number of nitriles is 1. The summed E-state index contributed by atoms with van der Waals surface area (Å²) in [7, 11) is 0. The zero-order valence-electron chi connectivity index (χ0n) is 18.0. The van der Waals surface area contributed by atoms with Crippen molar-refractivity contribution < 1.29 is 37.3 Å². The molecule has 1 saturated heterocycles. The second-order valence-corrected chi connectivity index (χ2v) is 8.22. The molecule has 1 aromatic heterocycles. The number of nitrogens with zero attached hydrogens (tertiary/aromatic N) is 4. The van der Waals surface area contributed by atoms with Gasteiger partial charge in [-0.2, -0.15) is 18.4 Å². The summed E-state index contributed by atoms with van der Waals surface area (Å²) in [6.45, 7) is 4.85. The summed E-state index contributed by atoms with van der Waals surface area (Å²) < 4.78 is 51.3. The predicted octanol–water partition coefficient (Wildman–Crippen LogP) is 2.20. The van der Waals surface area contributed by atoms with Crippen molar-refractivity contribution in [3.63, 3.8) is 0 Å². The SMILES string of the molecule is CC(C)(C)OC(=O)[C@H](O)[C@H]1OCCN(c2ccn(-c3ccc(C#N)c(C(F)(F)F)c3)n2)C1=O. The summed E-state index contributed by atoms with van der Waals surface area (Å²) in [6, 6.07) is 6.01. The molecule has 2 heterocycles. The monoisotopic (exact) mass is 466 g/mol. The Hall–Kier alpha value is -3.43. The summed E-state index contributed by atoms with van der Waals surface area (Å²) in [6.07, 6.45) is -6.78. The predicted molar refractivity (Wildman–Crippen MR) is 107 cm³/mol. The fraction of sp³-hybridized carbons (Fsp3) is 0.429. The Morgan fingerprint density at radius 1 is 1.33 bits per heavy atom. The van der Waals surface area contributed by atoms with E-state index in [2.05, 4.69) is 5.10 Å². The second kappa shape index (κ2) is 8.84. The Balaban J connectivity index is 1.84. The minimum Gasteiger partial charge on any atom is -0.458 e. The molecule has 3 rings (SSSR count). The van der Waals surface area contributed by atoms with Crippen LogP contribution in [-0.2, 0) is 25.2 Å². The number of benzene rings is 1. The molecule has 1 aromatic carbocycles. The molecule has 1 fully saturated rings. The van der Waals surface area contributed by atoms with Gasteiger partial charge in [-0.15, -0.1) is 5.10 Å². The zero-order chi connectivity index (χ0) is 24.6. The van der Waals surface area contributed by atoms with Gasteiger partial charge < -0.3 is 14.6 Å². The topological polar surface area (TPSA) is 118 Å². The molecular formula is C21H21F3N4O5. The highest BCUT2D eigenvalue weighted by molar-refractivity contribution is 5.99. The molecule has 2 atom stereocenters. The third-order valence-electron chi connectivity index (χ3n) is 4.60. The number of alkyl halides is 3. The van der Waals surface area contributed by atoms with Crippen LogP contribution in [0.15, 0.2) is 30.5 Å². The van der Waals surface area contributed by atoms with Crippen molar-refractivity contribution in [2.24, 2.45) is 0 Å². The van der Waals surface area contributed by atoms with Crippen molar-refractivity contribution in [3.8, 4) is 11.8 Å². The van der Waals surface area contributed by atoms with Crippen LogP contribution >= 0.6 is 0 Å². The number of anilines is 1. The molecule has 2 aromatic rings. The lowest BCUT2D eigenvalue weighted by Crippen LogP contribution is -2.55. The van der Waals surface area contributed by atoms with Crippen LogP contribution in [-0.4, -0.2) is 57.7 Å². The first kappa shape index (κ1) is 24.2. The van der Waals surface area contributed by atoms with Gasteiger partial charge in [0.1, 0.15) is 5.60 Å². The number of amides is 1. The number of rotatable bonds is 4. The maximum absolute atomic E-state index is 13.3. The maximum atomic E-state index is 13.3. The summed E-state index contributed by atoms with van der Waals surface area (Å²) in [5, 5.41) is 23.4. The van der Waals surface area contributed by atoms with Crippen LogP contribution in [0.3, 0.4) is 0 Å². The number of aliphatic hydroxyl groups is 1. The third-order valence-corrected chi connectivity index (χ3v) is 4.60. The second-order valence-electron chi connectivity index (χ2n) is 8.22. The Kier molecular flexibility index (Phi) is 6.49. The number of ether oxygens (including phenoxy) is 2. The Morgan fingerprint density at radius 2 is 2.03 bits per heavy atom. The molecule has 0 saturated carbocycles. The van der Waals surface area contributed by atoms with Gasteiger partial charge in [0.25, 0.3) is 5.91 Å². The van der Waals surface area contributed by atoms with Crippen LogP contribution in [0.25, 0.3) is 5.69 Å². The Morgan fingerprint density at radius 3 is 2.64 bits per heavy atom. The average Bonchev–Trinajstić information content (AvgIpc) is 3.21. The Labute approximate surface area is 186 Å². The molecular weight excluding hydrogens is 445 g/mol. The normalized spacial score (nSPS) is 18.1. The molecule has 176 valence electrons. The van der Waals surface area contributed by atoms with Gasteiger partial charge in [0.05, 0.1) is 36.0 Å². The summed E-state index contributed by atoms with van der Waals surface area (Å²) in [4.78, 5) is 26.2. The summed E-state index contributed by atoms with van der Waals surface area (Å²) >= 11 is 0. The van der Waals surface area contributed by atoms with Crippen molar-refractivity contribution in [3.05, 3.63) is 41.6 Å². The standard InChI is InChI=1S/C21H21F3N4O5/c1-20(2,3)33-19(31)16(29)17-18(30)27(8-9-32-17)15-6-7-28(26-15)13-5-4-12(11-25)14(10-13)21(22,23)24/h4-7,10,16-17,29H,8-9H2,1-3H3/t16-,17-/m1/s1. The van der Waals surface area contributed by atoms with E-state index in [1.807, 2.05) is 0 Å². The molecule has 0 radical (unpaired) electrons. The van der Waals surface area contributed by atoms with E-state index in [1.54, 1.807) is 20.8 Å². The molecule has 0 bridgehead atoms. The largest absolute Gasteiger partial charge is 0.458 e. The Bertz CT molecular complexity index is 1100. The van der Waals surface area contributed by atoms with Crippen molar-refractivity contribution in [1.29, 1.82) is 5.26 Å². The van der Waals surface area contributed by atoms with Gasteiger partial charge in [-0.3, -0.25) is 9.69 Å². The number of hydrogen-bond donors (Lipinski definition) is 1. The van der Waals surface area contributed by atoms with Crippen LogP contribution in [0.4, 0.5) is 19.0 Å². The van der Waals surface area contributed by atoms with Gasteiger partial charge >= 0.3 is 12.1 Å². The number of morpholine rings is 1. The number of aromatic nitrogens is 2. The van der Waals surface area contributed by atoms with E-state index in [0.717, 1.165) is 21.7 Å². The van der Waals surface area contributed by atoms with Crippen LogP contribution in [0.1, 0.15) is 31.9 Å². The lowest BCUT2D eigenvalue weighted by Gasteiger charge is -2.33. The molecule has 1 N–H and O–H groups in total. The van der Waals surface area contributed by atoms with Gasteiger partial charge in [0, 0.05) is 12.3 Å². The van der Waals surface area contributed by atoms with Crippen LogP contribution in [0.2, 0.25) is 0 Å². The molecule has 33 heavy (non-hydrogen) atoms. The zero-order valence-corrected chi connectivity index (χ0v) is 18.0. The van der Waals surface area contributed by atoms with Crippen LogP contribution in [0.5, 0.6) is 0 Å². The number of carbonyl (C=O) groups excluding carboxylic acids is 2. The summed E-state index contributed by atoms with van der Waals surface area (Å²) in [5.41, 5.74) is -2.49. The van der Waals surface area contributed by atoms with Gasteiger partial charge in [0.2, 0.25) is 0 Å². The van der Waals surface area contributed by atoms with E-state index in [0.29, 0.717) is 0 Å². The minimum atomic E-state index is -4.73. The van der Waals surface area contributed by atoms with Crippen LogP contribution < -0.4 is 4.90 Å². The average molecular weight is 466 g/mol. The van der Waals surface area contributed by atoms with Crippen molar-refractivity contribution in [2.45, 2.75) is 44.8 Å². The highest BCUT2D eigenvalue weighted by Gasteiger charge is 2.42. The molecule has 1 aliphatic heterocycles. The molecule has 0 aliphatic carbocycles. The molecule has 9 nitrogen and oxygen atoms in total. The first-order valence-corrected chi connectivity index (χ1v) is 9.83. The van der Waals surface area contributed by atoms with Crippen molar-refractivity contribution in [2.75, 3.05) is 18.1 Å². The molecule has 0 unspecified atom stereocenters. The number of carbonyl (C=O) groups is 2. The number of aliphatic hydroxyl groups excluding tert-OH is 1. The van der Waals surface area contributed by atoms with Gasteiger partial charge in [0.15, 0.2) is 18.0 Å². The molecule has 12 heteroatoms. The fourth-order valence-electron chi connectivity index (χ4n) is 3.15. The first-order valence-electron chi connectivity index (χ1n) is 9.83. The highest BCUT2D eigenvalue weighted by atomic mass is 19.4. The van der Waals surface area contributed by atoms with Crippen molar-refractivity contribution in [1.82, 2.24) is 9.78 Å². The fourth-order valence-corrected chi connectivity index (χ4v) is 3.15. The molecule has 0 spiro atoms. The third kappa shape index (κ3) is 5.32. The molecule has 1 amide bonds. The minimum absolute atomic E-state index is 0.0157. The van der Waals surface area contributed by atoms with Gasteiger partial charge in [-0.1, -0.05) is 0 Å². The van der Waals surface area contributed by atoms with Gasteiger partial charge in [-0.05, 0) is 39.0 Å². The van der Waals surface area contributed by atoms with E-state index >= 15 is 0 Å². The number of halogens is 3. The maximum Gasteiger partial charge on any atom is 0.417 e. The van der Waals surface area contributed by atoms with E-state index in [9.17, 15) is 27.9 Å². The van der Waals surface area contributed by atoms with E-state index in [-0.39, 0.29) is 24.7 Å². The highest BCUT2D eigenvalue weighted by Crippen LogP contribution is 2.33. The molecule has 1 aliphatic rings. The number of hydrogen-bond acceptors (Lipinski definition) is 7. The quantitative estimate of drug-likeness (QED) is 0.687. The number of esters is 1. The smallest absolute Gasteiger partial charge is 0.417 e.